The molecule has 0 unspecified atom stereocenters. The minimum Gasteiger partial charge on any atom is -0.354 e. The van der Waals surface area contributed by atoms with Gasteiger partial charge in [-0.3, -0.25) is 13.9 Å². The highest BCUT2D eigenvalue weighted by atomic mass is 32.2. The number of rotatable bonds is 11. The summed E-state index contributed by atoms with van der Waals surface area (Å²) in [7, 11) is -3.90. The van der Waals surface area contributed by atoms with Crippen molar-refractivity contribution in [3.05, 3.63) is 65.7 Å². The Morgan fingerprint density at radius 3 is 1.97 bits per heavy atom. The summed E-state index contributed by atoms with van der Waals surface area (Å²) in [5, 5.41) is 2.82. The Morgan fingerprint density at radius 2 is 1.50 bits per heavy atom. The molecule has 0 saturated heterocycles. The predicted octanol–water partition coefficient (Wildman–Crippen LogP) is 3.31. The van der Waals surface area contributed by atoms with Crippen molar-refractivity contribution in [3.8, 4) is 0 Å². The van der Waals surface area contributed by atoms with Crippen molar-refractivity contribution in [2.75, 3.05) is 23.7 Å². The van der Waals surface area contributed by atoms with Gasteiger partial charge in [-0.1, -0.05) is 32.9 Å². The number of hydrogen-bond donors (Lipinski definition) is 1. The zero-order chi connectivity index (χ0) is 25.5. The van der Waals surface area contributed by atoms with E-state index in [0.29, 0.717) is 12.1 Å². The smallest absolute Gasteiger partial charge is 0.244 e. The number of anilines is 1. The number of halogens is 2. The molecule has 1 atom stereocenters. The van der Waals surface area contributed by atoms with Gasteiger partial charge in [0.05, 0.1) is 11.9 Å². The van der Waals surface area contributed by atoms with Crippen LogP contribution in [-0.4, -0.2) is 50.5 Å². The summed E-state index contributed by atoms with van der Waals surface area (Å²) >= 11 is 0. The zero-order valence-corrected chi connectivity index (χ0v) is 20.6. The summed E-state index contributed by atoms with van der Waals surface area (Å²) in [6, 6.07) is 9.36. The van der Waals surface area contributed by atoms with Crippen molar-refractivity contribution in [3.63, 3.8) is 0 Å². The second kappa shape index (κ2) is 11.9. The fraction of sp³-hybridized carbons (Fsp3) is 0.417. The van der Waals surface area contributed by atoms with E-state index in [1.54, 1.807) is 6.92 Å². The highest BCUT2D eigenvalue weighted by Crippen LogP contribution is 2.20. The SMILES string of the molecule is CC[C@@H](C(=O)NCC(C)C)N(Cc1ccc(F)cc1)C(=O)CN(c1ccc(F)cc1)S(C)(=O)=O. The molecule has 0 spiro atoms. The van der Waals surface area contributed by atoms with Gasteiger partial charge in [0.25, 0.3) is 0 Å². The van der Waals surface area contributed by atoms with Gasteiger partial charge in [0, 0.05) is 13.1 Å². The highest BCUT2D eigenvalue weighted by Gasteiger charge is 2.31. The molecular weight excluding hydrogens is 464 g/mol. The van der Waals surface area contributed by atoms with Gasteiger partial charge in [0.15, 0.2) is 0 Å². The average molecular weight is 496 g/mol. The van der Waals surface area contributed by atoms with E-state index in [9.17, 15) is 26.8 Å². The van der Waals surface area contributed by atoms with Crippen LogP contribution in [0.25, 0.3) is 0 Å². The van der Waals surface area contributed by atoms with Crippen LogP contribution in [0.4, 0.5) is 14.5 Å². The van der Waals surface area contributed by atoms with Crippen molar-refractivity contribution in [1.82, 2.24) is 10.2 Å². The van der Waals surface area contributed by atoms with Gasteiger partial charge < -0.3 is 10.2 Å². The molecule has 186 valence electrons. The maximum atomic E-state index is 13.4. The van der Waals surface area contributed by atoms with Gasteiger partial charge in [-0.2, -0.15) is 0 Å². The summed E-state index contributed by atoms with van der Waals surface area (Å²) in [6.45, 7) is 5.44. The van der Waals surface area contributed by atoms with Gasteiger partial charge in [0.1, 0.15) is 24.2 Å². The molecule has 0 aliphatic rings. The molecule has 0 radical (unpaired) electrons. The third-order valence-electron chi connectivity index (χ3n) is 5.13. The first kappa shape index (κ1) is 27.2. The Labute approximate surface area is 199 Å². The van der Waals surface area contributed by atoms with E-state index >= 15 is 0 Å². The number of carbonyl (C=O) groups is 2. The summed E-state index contributed by atoms with van der Waals surface area (Å²) < 4.78 is 52.5. The quantitative estimate of drug-likeness (QED) is 0.518. The molecule has 2 aromatic carbocycles. The minimum atomic E-state index is -3.90. The third kappa shape index (κ3) is 7.79. The van der Waals surface area contributed by atoms with Crippen molar-refractivity contribution in [2.24, 2.45) is 5.92 Å². The van der Waals surface area contributed by atoms with Crippen molar-refractivity contribution < 1.29 is 26.8 Å². The lowest BCUT2D eigenvalue weighted by Gasteiger charge is -2.33. The number of nitrogens with one attached hydrogen (secondary N) is 1. The van der Waals surface area contributed by atoms with Crippen LogP contribution in [-0.2, 0) is 26.2 Å². The maximum absolute atomic E-state index is 13.4. The van der Waals surface area contributed by atoms with E-state index < -0.39 is 40.2 Å². The first-order chi connectivity index (χ1) is 15.9. The molecule has 2 aromatic rings. The molecule has 0 bridgehead atoms. The lowest BCUT2D eigenvalue weighted by Crippen LogP contribution is -2.52. The topological polar surface area (TPSA) is 86.8 Å². The fourth-order valence-corrected chi connectivity index (χ4v) is 4.20. The van der Waals surface area contributed by atoms with E-state index in [2.05, 4.69) is 5.32 Å². The molecule has 0 aromatic heterocycles. The standard InChI is InChI=1S/C24H31F2N3O4S/c1-5-22(24(31)27-14-17(2)3)28(15-18-6-8-19(25)9-7-18)23(30)16-29(34(4,32)33)21-12-10-20(26)11-13-21/h6-13,17,22H,5,14-16H2,1-4H3,(H,27,31)/t22-/m0/s1. The van der Waals surface area contributed by atoms with Gasteiger partial charge in [-0.15, -0.1) is 0 Å². The molecular formula is C24H31F2N3O4S. The number of amides is 2. The first-order valence-corrected chi connectivity index (χ1v) is 12.8. The van der Waals surface area contributed by atoms with E-state index in [1.165, 1.54) is 41.3 Å². The van der Waals surface area contributed by atoms with Crippen LogP contribution in [0.2, 0.25) is 0 Å². The summed E-state index contributed by atoms with van der Waals surface area (Å²) in [4.78, 5) is 27.7. The van der Waals surface area contributed by atoms with E-state index in [0.717, 1.165) is 22.7 Å². The van der Waals surface area contributed by atoms with Gasteiger partial charge in [-0.25, -0.2) is 17.2 Å². The van der Waals surface area contributed by atoms with Crippen LogP contribution in [0.3, 0.4) is 0 Å². The first-order valence-electron chi connectivity index (χ1n) is 11.0. The number of carbonyl (C=O) groups excluding carboxylic acids is 2. The fourth-order valence-electron chi connectivity index (χ4n) is 3.35. The van der Waals surface area contributed by atoms with Crippen molar-refractivity contribution in [2.45, 2.75) is 39.8 Å². The Hall–Kier alpha value is -3.01. The molecule has 10 heteroatoms. The highest BCUT2D eigenvalue weighted by molar-refractivity contribution is 7.92. The average Bonchev–Trinajstić information content (AvgIpc) is 2.77. The summed E-state index contributed by atoms with van der Waals surface area (Å²) in [6.07, 6.45) is 1.23. The lowest BCUT2D eigenvalue weighted by molar-refractivity contribution is -0.140. The van der Waals surface area contributed by atoms with Crippen LogP contribution < -0.4 is 9.62 Å². The molecule has 0 aliphatic carbocycles. The molecule has 0 fully saturated rings. The molecule has 0 saturated carbocycles. The third-order valence-corrected chi connectivity index (χ3v) is 6.27. The molecule has 34 heavy (non-hydrogen) atoms. The van der Waals surface area contributed by atoms with Crippen LogP contribution in [0.5, 0.6) is 0 Å². The number of benzene rings is 2. The largest absolute Gasteiger partial charge is 0.354 e. The van der Waals surface area contributed by atoms with Crippen LogP contribution in [0.1, 0.15) is 32.8 Å². The monoisotopic (exact) mass is 495 g/mol. The second-order valence-corrected chi connectivity index (χ2v) is 10.4. The van der Waals surface area contributed by atoms with Crippen molar-refractivity contribution in [1.29, 1.82) is 0 Å². The predicted molar refractivity (Wildman–Crippen MR) is 127 cm³/mol. The van der Waals surface area contributed by atoms with Gasteiger partial charge >= 0.3 is 0 Å². The van der Waals surface area contributed by atoms with Gasteiger partial charge in [-0.05, 0) is 54.3 Å². The number of hydrogen-bond acceptors (Lipinski definition) is 4. The number of nitrogens with zero attached hydrogens (tertiary/aromatic N) is 2. The normalized spacial score (nSPS) is 12.3. The number of sulfonamides is 1. The van der Waals surface area contributed by atoms with Crippen molar-refractivity contribution >= 4 is 27.5 Å². The lowest BCUT2D eigenvalue weighted by atomic mass is 10.1. The summed E-state index contributed by atoms with van der Waals surface area (Å²) in [5.41, 5.74) is 0.703. The van der Waals surface area contributed by atoms with E-state index in [4.69, 9.17) is 0 Å². The Balaban J connectivity index is 2.39. The molecule has 7 nitrogen and oxygen atoms in total. The zero-order valence-electron chi connectivity index (χ0n) is 19.8. The Kier molecular flexibility index (Phi) is 9.55. The van der Waals surface area contributed by atoms with Crippen LogP contribution in [0.15, 0.2) is 48.5 Å². The second-order valence-electron chi connectivity index (χ2n) is 8.46. The van der Waals surface area contributed by atoms with Gasteiger partial charge in [0.2, 0.25) is 21.8 Å². The summed E-state index contributed by atoms with van der Waals surface area (Å²) in [5.74, 6) is -1.77. The van der Waals surface area contributed by atoms with Crippen LogP contribution in [0, 0.1) is 17.6 Å². The molecule has 0 heterocycles. The maximum Gasteiger partial charge on any atom is 0.244 e. The molecule has 0 aliphatic heterocycles. The van der Waals surface area contributed by atoms with Crippen LogP contribution >= 0.6 is 0 Å². The molecule has 2 amide bonds. The Bertz CT molecular complexity index is 1070. The molecule has 2 rings (SSSR count). The minimum absolute atomic E-state index is 0.0201. The molecule has 1 N–H and O–H groups in total. The van der Waals surface area contributed by atoms with E-state index in [1.807, 2.05) is 13.8 Å². The Morgan fingerprint density at radius 1 is 0.971 bits per heavy atom. The van der Waals surface area contributed by atoms with E-state index in [-0.39, 0.29) is 30.5 Å².